The van der Waals surface area contributed by atoms with E-state index < -0.39 is 12.1 Å². The van der Waals surface area contributed by atoms with Gasteiger partial charge in [-0.25, -0.2) is 4.79 Å². The van der Waals surface area contributed by atoms with E-state index >= 15 is 0 Å². The molecule has 0 radical (unpaired) electrons. The molecular formula is C22H25F3N2O4S. The first-order valence-corrected chi connectivity index (χ1v) is 11.2. The summed E-state index contributed by atoms with van der Waals surface area (Å²) >= 11 is 1.54. The normalized spacial score (nSPS) is 21.7. The second-order valence-corrected chi connectivity index (χ2v) is 8.49. The van der Waals surface area contributed by atoms with Gasteiger partial charge in [0.25, 0.3) is 5.91 Å². The Labute approximate surface area is 188 Å². The summed E-state index contributed by atoms with van der Waals surface area (Å²) in [6.45, 7) is 4.38. The highest BCUT2D eigenvalue weighted by Gasteiger charge is 2.41. The van der Waals surface area contributed by atoms with E-state index in [-0.39, 0.29) is 11.9 Å². The fourth-order valence-electron chi connectivity index (χ4n) is 4.07. The van der Waals surface area contributed by atoms with E-state index in [9.17, 15) is 18.0 Å². The average molecular weight is 471 g/mol. The standard InChI is InChI=1S/C20H24N2O2S.C2HF3O2/c23-20(19-7-4-14-25-19)22-9-8-17(21-10-12-24-13-11-21)18(22)15-16-5-2-1-3-6-16;3-2(4,5)1(6)7/h1-7,14,17-18H,8-13,15H2;(H,6,7)/t17-,18+;/m1./s1. The molecule has 2 aromatic rings. The quantitative estimate of drug-likeness (QED) is 0.740. The number of amides is 1. The number of halogens is 3. The van der Waals surface area contributed by atoms with Crippen LogP contribution in [0.3, 0.4) is 0 Å². The number of likely N-dealkylation sites (tertiary alicyclic amines) is 1. The van der Waals surface area contributed by atoms with E-state index in [1.54, 1.807) is 0 Å². The van der Waals surface area contributed by atoms with Crippen LogP contribution >= 0.6 is 11.3 Å². The predicted molar refractivity (Wildman–Crippen MR) is 114 cm³/mol. The molecule has 6 nitrogen and oxygen atoms in total. The van der Waals surface area contributed by atoms with Gasteiger partial charge in [-0.05, 0) is 29.9 Å². The summed E-state index contributed by atoms with van der Waals surface area (Å²) in [6, 6.07) is 15.1. The molecule has 1 aromatic heterocycles. The summed E-state index contributed by atoms with van der Waals surface area (Å²) in [6.07, 6.45) is -3.12. The molecule has 1 aromatic carbocycles. The monoisotopic (exact) mass is 470 g/mol. The molecule has 2 saturated heterocycles. The number of benzene rings is 1. The highest BCUT2D eigenvalue weighted by Crippen LogP contribution is 2.29. The first-order chi connectivity index (χ1) is 15.3. The van der Waals surface area contributed by atoms with Crippen molar-refractivity contribution in [2.24, 2.45) is 0 Å². The lowest BCUT2D eigenvalue weighted by Crippen LogP contribution is -2.51. The maximum Gasteiger partial charge on any atom is 0.490 e. The number of alkyl halides is 3. The minimum absolute atomic E-state index is 0.187. The molecule has 1 amide bonds. The Bertz CT molecular complexity index is 871. The summed E-state index contributed by atoms with van der Waals surface area (Å²) < 4.78 is 37.3. The number of morpholine rings is 1. The van der Waals surface area contributed by atoms with Gasteiger partial charge in [-0.15, -0.1) is 11.3 Å². The molecule has 10 heteroatoms. The lowest BCUT2D eigenvalue weighted by molar-refractivity contribution is -0.192. The molecule has 32 heavy (non-hydrogen) atoms. The fraction of sp³-hybridized carbons (Fsp3) is 0.455. The van der Waals surface area contributed by atoms with E-state index in [2.05, 4.69) is 34.1 Å². The molecule has 0 saturated carbocycles. The largest absolute Gasteiger partial charge is 0.490 e. The third kappa shape index (κ3) is 6.30. The van der Waals surface area contributed by atoms with Crippen LogP contribution in [0.4, 0.5) is 13.2 Å². The molecule has 2 aliphatic heterocycles. The molecule has 174 valence electrons. The molecule has 2 fully saturated rings. The van der Waals surface area contributed by atoms with Crippen LogP contribution in [0.2, 0.25) is 0 Å². The number of hydrogen-bond donors (Lipinski definition) is 1. The van der Waals surface area contributed by atoms with E-state index in [0.717, 1.165) is 50.6 Å². The molecular weight excluding hydrogens is 445 g/mol. The number of carboxylic acid groups (broad SMARTS) is 1. The van der Waals surface area contributed by atoms with Crippen LogP contribution in [0.25, 0.3) is 0 Å². The number of thiophene rings is 1. The zero-order chi connectivity index (χ0) is 23.1. The first kappa shape index (κ1) is 24.2. The van der Waals surface area contributed by atoms with Crippen molar-refractivity contribution in [3.8, 4) is 0 Å². The summed E-state index contributed by atoms with van der Waals surface area (Å²) in [5.74, 6) is -2.57. The topological polar surface area (TPSA) is 70.1 Å². The number of carboxylic acids is 1. The van der Waals surface area contributed by atoms with E-state index in [1.807, 2.05) is 23.6 Å². The zero-order valence-electron chi connectivity index (χ0n) is 17.3. The number of carbonyl (C=O) groups is 2. The molecule has 0 unspecified atom stereocenters. The molecule has 1 N–H and O–H groups in total. The third-order valence-corrected chi connectivity index (χ3v) is 6.41. The van der Waals surface area contributed by atoms with Gasteiger partial charge in [0.05, 0.1) is 24.1 Å². The Morgan fingerprint density at radius 1 is 1.06 bits per heavy atom. The maximum atomic E-state index is 13.0. The summed E-state index contributed by atoms with van der Waals surface area (Å²) in [7, 11) is 0. The minimum Gasteiger partial charge on any atom is -0.475 e. The SMILES string of the molecule is O=C(O)C(F)(F)F.O=C(c1cccs1)N1CC[C@@H](N2CCOCC2)[C@@H]1Cc1ccccc1. The van der Waals surface area contributed by atoms with Crippen molar-refractivity contribution in [1.29, 1.82) is 0 Å². The second-order valence-electron chi connectivity index (χ2n) is 7.54. The van der Waals surface area contributed by atoms with Gasteiger partial charge in [0, 0.05) is 25.7 Å². The van der Waals surface area contributed by atoms with Gasteiger partial charge in [0.1, 0.15) is 0 Å². The Hall–Kier alpha value is -2.43. The van der Waals surface area contributed by atoms with Gasteiger partial charge in [0.15, 0.2) is 0 Å². The summed E-state index contributed by atoms with van der Waals surface area (Å²) in [5.41, 5.74) is 1.30. The van der Waals surface area contributed by atoms with Crippen molar-refractivity contribution in [3.05, 3.63) is 58.3 Å². The average Bonchev–Trinajstić information content (AvgIpc) is 3.45. The van der Waals surface area contributed by atoms with Crippen LogP contribution in [0.1, 0.15) is 21.7 Å². The van der Waals surface area contributed by atoms with Gasteiger partial charge in [-0.1, -0.05) is 36.4 Å². The van der Waals surface area contributed by atoms with Crippen LogP contribution in [-0.4, -0.2) is 77.9 Å². The van der Waals surface area contributed by atoms with Gasteiger partial charge >= 0.3 is 12.1 Å². The van der Waals surface area contributed by atoms with Crippen LogP contribution in [0.5, 0.6) is 0 Å². The number of carbonyl (C=O) groups excluding carboxylic acids is 1. The van der Waals surface area contributed by atoms with Crippen molar-refractivity contribution in [3.63, 3.8) is 0 Å². The third-order valence-electron chi connectivity index (χ3n) is 5.55. The minimum atomic E-state index is -5.08. The van der Waals surface area contributed by atoms with Crippen LogP contribution in [0, 0.1) is 0 Å². The molecule has 3 heterocycles. The number of hydrogen-bond acceptors (Lipinski definition) is 5. The van der Waals surface area contributed by atoms with Crippen molar-refractivity contribution < 1.29 is 32.6 Å². The van der Waals surface area contributed by atoms with E-state index in [1.165, 1.54) is 16.9 Å². The Morgan fingerprint density at radius 2 is 1.72 bits per heavy atom. The number of ether oxygens (including phenoxy) is 1. The highest BCUT2D eigenvalue weighted by molar-refractivity contribution is 7.12. The molecule has 0 spiro atoms. The van der Waals surface area contributed by atoms with Crippen molar-refractivity contribution in [2.75, 3.05) is 32.8 Å². The smallest absolute Gasteiger partial charge is 0.475 e. The summed E-state index contributed by atoms with van der Waals surface area (Å²) in [5, 5.41) is 9.11. The second kappa shape index (κ2) is 10.9. The molecule has 2 atom stereocenters. The number of rotatable bonds is 4. The fourth-order valence-corrected chi connectivity index (χ4v) is 4.75. The van der Waals surface area contributed by atoms with Gasteiger partial charge in [-0.2, -0.15) is 13.2 Å². The van der Waals surface area contributed by atoms with Gasteiger partial charge in [-0.3, -0.25) is 9.69 Å². The predicted octanol–water partition coefficient (Wildman–Crippen LogP) is 3.54. The lowest BCUT2D eigenvalue weighted by atomic mass is 9.98. The highest BCUT2D eigenvalue weighted by atomic mass is 32.1. The van der Waals surface area contributed by atoms with Crippen molar-refractivity contribution >= 4 is 23.2 Å². The Morgan fingerprint density at radius 3 is 2.28 bits per heavy atom. The van der Waals surface area contributed by atoms with Crippen molar-refractivity contribution in [1.82, 2.24) is 9.80 Å². The first-order valence-electron chi connectivity index (χ1n) is 10.3. The number of aliphatic carboxylic acids is 1. The Balaban J connectivity index is 0.000000360. The molecule has 2 aliphatic rings. The van der Waals surface area contributed by atoms with E-state index in [4.69, 9.17) is 14.6 Å². The maximum absolute atomic E-state index is 13.0. The van der Waals surface area contributed by atoms with Crippen LogP contribution in [0.15, 0.2) is 47.8 Å². The zero-order valence-corrected chi connectivity index (χ0v) is 18.1. The molecule has 0 aliphatic carbocycles. The van der Waals surface area contributed by atoms with E-state index in [0.29, 0.717) is 6.04 Å². The summed E-state index contributed by atoms with van der Waals surface area (Å²) in [4.78, 5) is 27.4. The van der Waals surface area contributed by atoms with Gasteiger partial charge < -0.3 is 14.7 Å². The molecule has 0 bridgehead atoms. The van der Waals surface area contributed by atoms with Gasteiger partial charge in [0.2, 0.25) is 0 Å². The number of nitrogens with zero attached hydrogens (tertiary/aromatic N) is 2. The Kier molecular flexibility index (Phi) is 8.27. The van der Waals surface area contributed by atoms with Crippen LogP contribution < -0.4 is 0 Å². The van der Waals surface area contributed by atoms with Crippen LogP contribution in [-0.2, 0) is 16.0 Å². The molecule has 4 rings (SSSR count). The van der Waals surface area contributed by atoms with Crippen molar-refractivity contribution in [2.45, 2.75) is 31.1 Å². The lowest BCUT2D eigenvalue weighted by Gasteiger charge is -2.37.